The Morgan fingerprint density at radius 3 is 2.12 bits per heavy atom. The van der Waals surface area contributed by atoms with Gasteiger partial charge in [-0.15, -0.1) is 0 Å². The van der Waals surface area contributed by atoms with Gasteiger partial charge in [-0.1, -0.05) is 110 Å². The molecule has 0 radical (unpaired) electrons. The van der Waals surface area contributed by atoms with Crippen molar-refractivity contribution in [1.82, 2.24) is 0 Å². The molecule has 3 aromatic carbocycles. The molecule has 0 aromatic heterocycles. The van der Waals surface area contributed by atoms with Crippen molar-refractivity contribution in [2.45, 2.75) is 78.2 Å². The standard InChI is InChI=1S/C43H48N2O4S/c1-25(2)31-14-11-15-32(26(3)4)42(31)44-29-19-21-35-38(23-29)49-39-24-30(45-43-33(27(5)6)16-12-17-34(43)28(7)8)20-22-36(39)41(35)37-13-9-10-18-40(37)50(46,47)48/h9-28,31,42,44H,1-8H3,(H,46,47,48). The van der Waals surface area contributed by atoms with Gasteiger partial charge in [0, 0.05) is 45.8 Å². The van der Waals surface area contributed by atoms with Gasteiger partial charge < -0.3 is 9.73 Å². The fourth-order valence-corrected chi connectivity index (χ4v) is 7.94. The summed E-state index contributed by atoms with van der Waals surface area (Å²) < 4.78 is 42.4. The molecule has 7 heteroatoms. The fraction of sp³-hybridized carbons (Fsp3) is 0.326. The predicted octanol–water partition coefficient (Wildman–Crippen LogP) is 11.1. The quantitative estimate of drug-likeness (QED) is 0.119. The number of anilines is 1. The van der Waals surface area contributed by atoms with Crippen molar-refractivity contribution < 1.29 is 17.4 Å². The minimum absolute atomic E-state index is 0.110. The van der Waals surface area contributed by atoms with E-state index < -0.39 is 10.1 Å². The summed E-state index contributed by atoms with van der Waals surface area (Å²) in [7, 11) is -4.52. The van der Waals surface area contributed by atoms with Crippen LogP contribution >= 0.6 is 0 Å². The van der Waals surface area contributed by atoms with E-state index >= 15 is 0 Å². The van der Waals surface area contributed by atoms with E-state index in [1.54, 1.807) is 18.2 Å². The maximum atomic E-state index is 12.7. The van der Waals surface area contributed by atoms with Crippen molar-refractivity contribution in [3.05, 3.63) is 119 Å². The molecule has 2 aliphatic carbocycles. The third-order valence-electron chi connectivity index (χ3n) is 9.85. The second kappa shape index (κ2) is 14.0. The van der Waals surface area contributed by atoms with Gasteiger partial charge in [0.1, 0.15) is 16.2 Å². The molecule has 2 unspecified atom stereocenters. The van der Waals surface area contributed by atoms with Gasteiger partial charge in [-0.05, 0) is 70.7 Å². The van der Waals surface area contributed by atoms with Crippen LogP contribution in [0.2, 0.25) is 0 Å². The van der Waals surface area contributed by atoms with Gasteiger partial charge in [0.2, 0.25) is 0 Å². The average molecular weight is 689 g/mol. The molecular formula is C43H48N2O4S. The zero-order valence-electron chi connectivity index (χ0n) is 30.2. The van der Waals surface area contributed by atoms with E-state index in [0.717, 1.165) is 27.7 Å². The van der Waals surface area contributed by atoms with Crippen LogP contribution in [0.3, 0.4) is 0 Å². The predicted molar refractivity (Wildman–Crippen MR) is 206 cm³/mol. The SMILES string of the molecule is CC(C)C1=CC=CC(C(C)C)C1Nc1ccc2c(-c3ccccc3S(=O)(=O)O)c3ccc(=Nc4c(C(C)C)cccc4C(C)C)cc-3oc2c1. The van der Waals surface area contributed by atoms with Crippen LogP contribution in [0.1, 0.15) is 78.4 Å². The highest BCUT2D eigenvalue weighted by Gasteiger charge is 2.30. The summed E-state index contributed by atoms with van der Waals surface area (Å²) in [5, 5.41) is 5.29. The smallest absolute Gasteiger partial charge is 0.295 e. The van der Waals surface area contributed by atoms with Crippen LogP contribution in [-0.2, 0) is 10.1 Å². The van der Waals surface area contributed by atoms with Crippen LogP contribution in [0.4, 0.5) is 11.4 Å². The molecule has 0 saturated carbocycles. The Morgan fingerprint density at radius 2 is 1.48 bits per heavy atom. The molecular weight excluding hydrogens is 641 g/mol. The van der Waals surface area contributed by atoms with Crippen LogP contribution in [0.5, 0.6) is 0 Å². The maximum absolute atomic E-state index is 12.7. The highest BCUT2D eigenvalue weighted by atomic mass is 32.2. The van der Waals surface area contributed by atoms with Gasteiger partial charge in [-0.3, -0.25) is 4.55 Å². The first-order chi connectivity index (χ1) is 23.7. The highest BCUT2D eigenvalue weighted by Crippen LogP contribution is 2.43. The second-order valence-electron chi connectivity index (χ2n) is 14.7. The summed E-state index contributed by atoms with van der Waals surface area (Å²) >= 11 is 0. The number of nitrogens with zero attached hydrogens (tertiary/aromatic N) is 1. The number of rotatable bonds is 9. The lowest BCUT2D eigenvalue weighted by Gasteiger charge is -2.35. The molecule has 6 nitrogen and oxygen atoms in total. The number of fused-ring (bicyclic) bond motifs is 2. The van der Waals surface area contributed by atoms with Gasteiger partial charge in [-0.2, -0.15) is 8.42 Å². The van der Waals surface area contributed by atoms with E-state index in [4.69, 9.17) is 9.41 Å². The van der Waals surface area contributed by atoms with E-state index in [1.807, 2.05) is 36.4 Å². The Bertz CT molecular complexity index is 2230. The van der Waals surface area contributed by atoms with Crippen molar-refractivity contribution in [3.8, 4) is 22.5 Å². The first kappa shape index (κ1) is 35.4. The minimum atomic E-state index is -4.52. The molecule has 50 heavy (non-hydrogen) atoms. The fourth-order valence-electron chi connectivity index (χ4n) is 7.25. The van der Waals surface area contributed by atoms with Crippen LogP contribution < -0.4 is 10.7 Å². The number of hydrogen-bond acceptors (Lipinski definition) is 5. The van der Waals surface area contributed by atoms with Gasteiger partial charge >= 0.3 is 0 Å². The number of nitrogens with one attached hydrogen (secondary N) is 1. The monoisotopic (exact) mass is 688 g/mol. The minimum Gasteiger partial charge on any atom is -0.456 e. The summed E-state index contributed by atoms with van der Waals surface area (Å²) in [6, 6.07) is 24.9. The van der Waals surface area contributed by atoms with Crippen LogP contribution in [-0.4, -0.2) is 19.0 Å². The van der Waals surface area contributed by atoms with Crippen molar-refractivity contribution in [3.63, 3.8) is 0 Å². The molecule has 1 aliphatic heterocycles. The molecule has 3 aromatic rings. The molecule has 0 spiro atoms. The summed E-state index contributed by atoms with van der Waals surface area (Å²) in [6.45, 7) is 17.7. The number of para-hydroxylation sites is 1. The molecule has 0 amide bonds. The van der Waals surface area contributed by atoms with Crippen molar-refractivity contribution in [2.24, 2.45) is 22.7 Å². The summed E-state index contributed by atoms with van der Waals surface area (Å²) in [6.07, 6.45) is 6.67. The van der Waals surface area contributed by atoms with Gasteiger partial charge in [0.05, 0.1) is 17.1 Å². The Balaban J connectivity index is 1.60. The van der Waals surface area contributed by atoms with Gasteiger partial charge in [0.15, 0.2) is 0 Å². The third-order valence-corrected chi connectivity index (χ3v) is 10.8. The van der Waals surface area contributed by atoms with E-state index in [1.165, 1.54) is 22.8 Å². The Labute approximate surface area is 296 Å². The lowest BCUT2D eigenvalue weighted by molar-refractivity contribution is 0.412. The molecule has 260 valence electrons. The zero-order chi connectivity index (χ0) is 35.9. The summed E-state index contributed by atoms with van der Waals surface area (Å²) in [4.78, 5) is 5.04. The molecule has 3 aliphatic rings. The summed E-state index contributed by atoms with van der Waals surface area (Å²) in [5.74, 6) is 2.26. The average Bonchev–Trinajstić information content (AvgIpc) is 3.06. The van der Waals surface area contributed by atoms with Crippen molar-refractivity contribution in [1.29, 1.82) is 0 Å². The third kappa shape index (κ3) is 6.94. The number of allylic oxidation sites excluding steroid dienone is 2. The largest absolute Gasteiger partial charge is 0.456 e. The first-order valence-corrected chi connectivity index (χ1v) is 19.1. The summed E-state index contributed by atoms with van der Waals surface area (Å²) in [5.41, 5.74) is 7.95. The Kier molecular flexibility index (Phi) is 9.93. The van der Waals surface area contributed by atoms with Crippen molar-refractivity contribution >= 4 is 32.5 Å². The lowest BCUT2D eigenvalue weighted by Crippen LogP contribution is -2.36. The van der Waals surface area contributed by atoms with E-state index in [0.29, 0.717) is 40.2 Å². The van der Waals surface area contributed by atoms with Gasteiger partial charge in [0.25, 0.3) is 10.1 Å². The Morgan fingerprint density at radius 1 is 0.780 bits per heavy atom. The van der Waals surface area contributed by atoms with Crippen LogP contribution in [0.25, 0.3) is 33.4 Å². The zero-order valence-corrected chi connectivity index (χ0v) is 31.0. The topological polar surface area (TPSA) is 91.9 Å². The molecule has 2 atom stereocenters. The molecule has 1 heterocycles. The van der Waals surface area contributed by atoms with E-state index in [-0.39, 0.29) is 22.8 Å². The first-order valence-electron chi connectivity index (χ1n) is 17.6. The lowest BCUT2D eigenvalue weighted by atomic mass is 9.77. The number of benzene rings is 4. The number of hydrogen-bond donors (Lipinski definition) is 2. The highest BCUT2D eigenvalue weighted by molar-refractivity contribution is 7.86. The molecule has 6 rings (SSSR count). The van der Waals surface area contributed by atoms with Gasteiger partial charge in [-0.25, -0.2) is 4.99 Å². The molecule has 0 saturated heterocycles. The molecule has 0 bridgehead atoms. The van der Waals surface area contributed by atoms with Crippen molar-refractivity contribution in [2.75, 3.05) is 5.32 Å². The van der Waals surface area contributed by atoms with E-state index in [2.05, 4.69) is 97.1 Å². The molecule has 2 N–H and O–H groups in total. The van der Waals surface area contributed by atoms with Crippen LogP contribution in [0.15, 0.2) is 117 Å². The Hall–Kier alpha value is -4.46. The van der Waals surface area contributed by atoms with E-state index in [9.17, 15) is 13.0 Å². The maximum Gasteiger partial charge on any atom is 0.295 e. The van der Waals surface area contributed by atoms with Crippen LogP contribution in [0, 0.1) is 17.8 Å². The molecule has 0 fully saturated rings. The normalized spacial score (nSPS) is 17.1. The second-order valence-corrected chi connectivity index (χ2v) is 16.1.